The van der Waals surface area contributed by atoms with Crippen LogP contribution in [0.3, 0.4) is 0 Å². The quantitative estimate of drug-likeness (QED) is 0.118. The minimum absolute atomic E-state index is 0.278. The van der Waals surface area contributed by atoms with Crippen molar-refractivity contribution in [1.82, 2.24) is 9.55 Å². The summed E-state index contributed by atoms with van der Waals surface area (Å²) in [5.41, 5.74) is 15.0. The van der Waals surface area contributed by atoms with Crippen LogP contribution in [-0.2, 0) is 25.3 Å². The van der Waals surface area contributed by atoms with E-state index in [1.807, 2.05) is 0 Å². The van der Waals surface area contributed by atoms with Gasteiger partial charge in [-0.05, 0) is 19.4 Å². The van der Waals surface area contributed by atoms with E-state index in [-0.39, 0.29) is 6.54 Å². The number of carbonyl (C=O) groups is 2. The first-order valence-electron chi connectivity index (χ1n) is 8.43. The van der Waals surface area contributed by atoms with E-state index < -0.39 is 44.8 Å². The number of aromatic nitrogens is 2. The number of hydrogen-bond donors (Lipinski definition) is 10. The summed E-state index contributed by atoms with van der Waals surface area (Å²) >= 11 is 0. The zero-order valence-corrected chi connectivity index (χ0v) is 18.1. The molecule has 1 unspecified atom stereocenters. The lowest BCUT2D eigenvalue weighted by atomic mass is 10.1. The molecule has 0 aliphatic rings. The van der Waals surface area contributed by atoms with Gasteiger partial charge in [0.05, 0.1) is 19.4 Å². The number of unbranched alkanes of at least 4 members (excludes halogenated alkanes) is 1. The van der Waals surface area contributed by atoms with Crippen LogP contribution in [-0.4, -0.2) is 80.6 Å². The first kappa shape index (κ1) is 31.5. The molecule has 0 bridgehead atoms. The predicted molar refractivity (Wildman–Crippen MR) is 106 cm³/mol. The lowest BCUT2D eigenvalue weighted by Gasteiger charge is -2.29. The minimum Gasteiger partial charge on any atom is -0.480 e. The molecule has 16 nitrogen and oxygen atoms in total. The highest BCUT2D eigenvalue weighted by Crippen LogP contribution is 2.67. The maximum absolute atomic E-state index is 10.9. The van der Waals surface area contributed by atoms with E-state index >= 15 is 0 Å². The van der Waals surface area contributed by atoms with Crippen molar-refractivity contribution < 1.29 is 53.6 Å². The van der Waals surface area contributed by atoms with Crippen molar-refractivity contribution in [3.63, 3.8) is 0 Å². The Morgan fingerprint density at radius 2 is 1.55 bits per heavy atom. The molecule has 18 heteroatoms. The summed E-state index contributed by atoms with van der Waals surface area (Å²) in [7, 11) is -10.8. The Hall–Kier alpha value is -1.71. The van der Waals surface area contributed by atoms with Crippen LogP contribution in [0.1, 0.15) is 19.3 Å². The van der Waals surface area contributed by atoms with Gasteiger partial charge in [-0.15, -0.1) is 0 Å². The van der Waals surface area contributed by atoms with Gasteiger partial charge < -0.3 is 56.7 Å². The van der Waals surface area contributed by atoms with Crippen LogP contribution >= 0.6 is 15.2 Å². The van der Waals surface area contributed by atoms with Gasteiger partial charge in [-0.2, -0.15) is 0 Å². The Labute approximate surface area is 177 Å². The van der Waals surface area contributed by atoms with Gasteiger partial charge in [0.25, 0.3) is 5.08 Å². The number of nitrogens with zero attached hydrogens (tertiary/aromatic N) is 2. The zero-order valence-electron chi connectivity index (χ0n) is 16.3. The molecule has 0 aliphatic heterocycles. The van der Waals surface area contributed by atoms with Gasteiger partial charge >= 0.3 is 27.1 Å². The SMILES string of the molecule is NCC(=O)O.NCCCCC(N)C(=O)O.O=P(O)(O)C(O)(Cn1ccnc1)P(=O)(O)O. The highest BCUT2D eigenvalue weighted by Gasteiger charge is 2.59. The number of nitrogens with two attached hydrogens (primary N) is 3. The van der Waals surface area contributed by atoms with E-state index in [4.69, 9.17) is 41.3 Å². The van der Waals surface area contributed by atoms with Crippen molar-refractivity contribution >= 4 is 27.1 Å². The Morgan fingerprint density at radius 1 is 1.06 bits per heavy atom. The highest BCUT2D eigenvalue weighted by atomic mass is 31.2. The molecule has 13 N–H and O–H groups in total. The molecule has 1 aromatic heterocycles. The van der Waals surface area contributed by atoms with Gasteiger partial charge in [0.1, 0.15) is 6.04 Å². The fraction of sp³-hybridized carbons (Fsp3) is 0.615. The highest BCUT2D eigenvalue weighted by molar-refractivity contribution is 7.72. The van der Waals surface area contributed by atoms with Gasteiger partial charge in [0.2, 0.25) is 0 Å². The maximum atomic E-state index is 10.9. The van der Waals surface area contributed by atoms with E-state index in [2.05, 4.69) is 10.7 Å². The van der Waals surface area contributed by atoms with Crippen LogP contribution in [0.2, 0.25) is 0 Å². The summed E-state index contributed by atoms with van der Waals surface area (Å²) in [5.74, 6) is -1.90. The van der Waals surface area contributed by atoms with Gasteiger partial charge in [0.15, 0.2) is 0 Å². The number of imidazole rings is 1. The normalized spacial score (nSPS) is 12.6. The molecule has 0 fully saturated rings. The lowest BCUT2D eigenvalue weighted by molar-refractivity contribution is -0.138. The standard InChI is InChI=1S/C6H14N2O2.C5H10N2O7P2.C2H5NO2/c7-4-2-1-3-5(8)6(9)10;8-5(15(9,10)11,16(12,13)14)3-7-2-1-6-4-7;3-1-2(4)5/h5H,1-4,7-8H2,(H,9,10);1-2,4,8H,3H2,(H2,9,10,11)(H2,12,13,14);1,3H2,(H,4,5). The second-order valence-electron chi connectivity index (χ2n) is 5.92. The third kappa shape index (κ3) is 12.7. The second-order valence-corrected chi connectivity index (χ2v) is 9.93. The molecule has 31 heavy (non-hydrogen) atoms. The number of carboxylic acids is 2. The lowest BCUT2D eigenvalue weighted by Crippen LogP contribution is -2.33. The summed E-state index contributed by atoms with van der Waals surface area (Å²) in [6.45, 7) is -0.631. The van der Waals surface area contributed by atoms with Crippen molar-refractivity contribution in [3.05, 3.63) is 18.7 Å². The maximum Gasteiger partial charge on any atom is 0.371 e. The molecule has 1 rings (SSSR count). The molecular formula is C13H29N5O11P2. The smallest absolute Gasteiger partial charge is 0.371 e. The number of aliphatic carboxylic acids is 2. The fourth-order valence-electron chi connectivity index (χ4n) is 1.61. The van der Waals surface area contributed by atoms with Gasteiger partial charge in [0, 0.05) is 12.4 Å². The molecule has 1 atom stereocenters. The second kappa shape index (κ2) is 14.4. The van der Waals surface area contributed by atoms with E-state index in [9.17, 15) is 23.8 Å². The van der Waals surface area contributed by atoms with E-state index in [1.54, 1.807) is 0 Å². The van der Waals surface area contributed by atoms with Crippen molar-refractivity contribution in [2.24, 2.45) is 17.2 Å². The topological polar surface area (TPSA) is 306 Å². The monoisotopic (exact) mass is 493 g/mol. The number of rotatable bonds is 10. The van der Waals surface area contributed by atoms with Gasteiger partial charge in [-0.1, -0.05) is 6.42 Å². The summed E-state index contributed by atoms with van der Waals surface area (Å²) < 4.78 is 22.8. The van der Waals surface area contributed by atoms with Crippen molar-refractivity contribution in [2.45, 2.75) is 36.9 Å². The third-order valence-electron chi connectivity index (χ3n) is 3.35. The molecular weight excluding hydrogens is 464 g/mol. The molecule has 0 amide bonds. The molecule has 0 saturated carbocycles. The molecule has 0 radical (unpaired) electrons. The van der Waals surface area contributed by atoms with Gasteiger partial charge in [-0.3, -0.25) is 18.7 Å². The number of hydrogen-bond acceptors (Lipinski definition) is 9. The van der Waals surface area contributed by atoms with Crippen molar-refractivity contribution in [1.29, 1.82) is 0 Å². The summed E-state index contributed by atoms with van der Waals surface area (Å²) in [5, 5.41) is 22.0. The van der Waals surface area contributed by atoms with Gasteiger partial charge in [-0.25, -0.2) is 4.98 Å². The van der Waals surface area contributed by atoms with Crippen molar-refractivity contribution in [3.8, 4) is 0 Å². The average Bonchev–Trinajstić information content (AvgIpc) is 3.13. The Bertz CT molecular complexity index is 727. The number of aliphatic hydroxyl groups is 1. The van der Waals surface area contributed by atoms with Crippen LogP contribution in [0.15, 0.2) is 18.7 Å². The summed E-state index contributed by atoms with van der Waals surface area (Å²) in [4.78, 5) is 58.1. The molecule has 0 saturated heterocycles. The van der Waals surface area contributed by atoms with Crippen LogP contribution in [0.4, 0.5) is 0 Å². The third-order valence-corrected chi connectivity index (χ3v) is 7.06. The number of carboxylic acid groups (broad SMARTS) is 2. The molecule has 1 heterocycles. The average molecular weight is 493 g/mol. The predicted octanol–water partition coefficient (Wildman–Crippen LogP) is -2.56. The molecule has 1 aromatic rings. The molecule has 0 aromatic carbocycles. The molecule has 182 valence electrons. The molecule has 0 spiro atoms. The summed E-state index contributed by atoms with van der Waals surface area (Å²) in [6.07, 6.45) is 5.67. The van der Waals surface area contributed by atoms with Crippen LogP contribution in [0.5, 0.6) is 0 Å². The Morgan fingerprint density at radius 3 is 1.84 bits per heavy atom. The fourth-order valence-corrected chi connectivity index (χ4v) is 3.66. The van der Waals surface area contributed by atoms with E-state index in [1.165, 1.54) is 12.4 Å². The Kier molecular flexibility index (Phi) is 14.6. The largest absolute Gasteiger partial charge is 0.480 e. The summed E-state index contributed by atoms with van der Waals surface area (Å²) in [6, 6.07) is -0.716. The van der Waals surface area contributed by atoms with Crippen LogP contribution in [0.25, 0.3) is 0 Å². The molecule has 0 aliphatic carbocycles. The zero-order chi connectivity index (χ0) is 24.9. The Balaban J connectivity index is 0. The van der Waals surface area contributed by atoms with Crippen molar-refractivity contribution in [2.75, 3.05) is 13.1 Å². The minimum atomic E-state index is -5.41. The first-order valence-corrected chi connectivity index (χ1v) is 11.7. The first-order chi connectivity index (χ1) is 14.0. The van der Waals surface area contributed by atoms with E-state index in [0.717, 1.165) is 23.7 Å². The van der Waals surface area contributed by atoms with Crippen LogP contribution < -0.4 is 17.2 Å². The van der Waals surface area contributed by atoms with E-state index in [0.29, 0.717) is 13.0 Å². The van der Waals surface area contributed by atoms with Crippen LogP contribution in [0, 0.1) is 0 Å².